The average Bonchev–Trinajstić information content (AvgIpc) is 3.29. The number of benzene rings is 1. The summed E-state index contributed by atoms with van der Waals surface area (Å²) in [6, 6.07) is 8.00. The van der Waals surface area contributed by atoms with E-state index in [1.807, 2.05) is 0 Å². The first-order valence-corrected chi connectivity index (χ1v) is 8.60. The van der Waals surface area contributed by atoms with Crippen LogP contribution in [0.4, 0.5) is 13.2 Å². The van der Waals surface area contributed by atoms with Crippen molar-refractivity contribution < 1.29 is 27.1 Å². The lowest BCUT2D eigenvalue weighted by molar-refractivity contribution is -0.139. The number of alkyl halides is 3. The second-order valence-corrected chi connectivity index (χ2v) is 6.76. The normalized spacial score (nSPS) is 12.8. The smallest absolute Gasteiger partial charge is 0.416 e. The number of hydrogen-bond donors (Lipinski definition) is 0. The minimum absolute atomic E-state index is 0.195. The van der Waals surface area contributed by atoms with Gasteiger partial charge in [-0.05, 0) is 37.3 Å². The maximum Gasteiger partial charge on any atom is 0.416 e. The van der Waals surface area contributed by atoms with Gasteiger partial charge in [0.1, 0.15) is 5.25 Å². The molecular formula is C17H14F3N3O3S. The largest absolute Gasteiger partial charge is 0.468 e. The van der Waals surface area contributed by atoms with Gasteiger partial charge in [-0.2, -0.15) is 13.2 Å². The van der Waals surface area contributed by atoms with E-state index in [-0.39, 0.29) is 16.7 Å². The molecule has 0 aliphatic heterocycles. The molecule has 3 rings (SSSR count). The predicted molar refractivity (Wildman–Crippen MR) is 91.4 cm³/mol. The summed E-state index contributed by atoms with van der Waals surface area (Å²) in [6.45, 7) is 1.61. The van der Waals surface area contributed by atoms with E-state index in [1.165, 1.54) is 30.1 Å². The van der Waals surface area contributed by atoms with E-state index < -0.39 is 23.0 Å². The Morgan fingerprint density at radius 1 is 1.26 bits per heavy atom. The Morgan fingerprint density at radius 2 is 2.04 bits per heavy atom. The van der Waals surface area contributed by atoms with Gasteiger partial charge in [-0.1, -0.05) is 17.8 Å². The topological polar surface area (TPSA) is 70.2 Å². The van der Waals surface area contributed by atoms with Crippen molar-refractivity contribution in [3.63, 3.8) is 0 Å². The number of carbonyl (C=O) groups excluding carboxylic acids is 1. The number of halogens is 3. The molecule has 1 aromatic carbocycles. The lowest BCUT2D eigenvalue weighted by Crippen LogP contribution is -2.15. The molecule has 0 aliphatic carbocycles. The van der Waals surface area contributed by atoms with Gasteiger partial charge in [-0.3, -0.25) is 9.36 Å². The summed E-state index contributed by atoms with van der Waals surface area (Å²) >= 11 is 1.02. The van der Waals surface area contributed by atoms with Gasteiger partial charge >= 0.3 is 12.1 Å². The molecule has 0 radical (unpaired) electrons. The molecule has 0 aliphatic rings. The summed E-state index contributed by atoms with van der Waals surface area (Å²) in [6.07, 6.45) is -3.08. The number of hydrogen-bond acceptors (Lipinski definition) is 6. The van der Waals surface area contributed by atoms with Gasteiger partial charge in [-0.15, -0.1) is 10.2 Å². The summed E-state index contributed by atoms with van der Waals surface area (Å²) in [4.78, 5) is 11.7. The average molecular weight is 397 g/mol. The van der Waals surface area contributed by atoms with Crippen molar-refractivity contribution in [2.24, 2.45) is 0 Å². The van der Waals surface area contributed by atoms with Crippen LogP contribution in [0.15, 0.2) is 52.2 Å². The molecule has 10 heteroatoms. The molecular weight excluding hydrogens is 383 g/mol. The van der Waals surface area contributed by atoms with Gasteiger partial charge in [0.05, 0.1) is 24.6 Å². The molecule has 2 heterocycles. The molecule has 0 saturated heterocycles. The molecule has 0 amide bonds. The molecule has 0 bridgehead atoms. The summed E-state index contributed by atoms with van der Waals surface area (Å²) in [5.41, 5.74) is -0.614. The number of ether oxygens (including phenoxy) is 1. The fraction of sp³-hybridized carbons (Fsp3) is 0.235. The predicted octanol–water partition coefficient (Wildman–Crippen LogP) is 4.20. The summed E-state index contributed by atoms with van der Waals surface area (Å²) < 4.78 is 50.8. The van der Waals surface area contributed by atoms with Gasteiger partial charge in [0.25, 0.3) is 0 Å². The van der Waals surface area contributed by atoms with E-state index in [0.29, 0.717) is 5.76 Å². The molecule has 0 saturated carbocycles. The molecule has 142 valence electrons. The highest BCUT2D eigenvalue weighted by Crippen LogP contribution is 2.34. The molecule has 1 unspecified atom stereocenters. The van der Waals surface area contributed by atoms with Crippen LogP contribution in [0.25, 0.3) is 17.3 Å². The third kappa shape index (κ3) is 4.00. The lowest BCUT2D eigenvalue weighted by atomic mass is 10.2. The molecule has 0 spiro atoms. The van der Waals surface area contributed by atoms with E-state index >= 15 is 0 Å². The second-order valence-electron chi connectivity index (χ2n) is 5.45. The SMILES string of the molecule is COC(=O)C(C)Sc1nnc(-c2ccco2)n1-c1cccc(C(F)(F)F)c1. The second kappa shape index (κ2) is 7.47. The van der Waals surface area contributed by atoms with E-state index in [4.69, 9.17) is 4.42 Å². The quantitative estimate of drug-likeness (QED) is 0.475. The maximum absolute atomic E-state index is 13.1. The van der Waals surface area contributed by atoms with Crippen LogP contribution in [0, 0.1) is 0 Å². The summed E-state index contributed by atoms with van der Waals surface area (Å²) in [5.74, 6) is 0.0644. The summed E-state index contributed by atoms with van der Waals surface area (Å²) in [7, 11) is 1.26. The standard InChI is InChI=1S/C17H14F3N3O3S/c1-10(15(24)25-2)27-16-22-21-14(13-7-4-8-26-13)23(16)12-6-3-5-11(9-12)17(18,19)20/h3-10H,1-2H3. The Bertz CT molecular complexity index is 939. The zero-order chi connectivity index (χ0) is 19.6. The Hall–Kier alpha value is -2.75. The minimum atomic E-state index is -4.50. The van der Waals surface area contributed by atoms with Gasteiger partial charge in [-0.25, -0.2) is 0 Å². The number of furan rings is 1. The van der Waals surface area contributed by atoms with Crippen molar-refractivity contribution >= 4 is 17.7 Å². The number of methoxy groups -OCH3 is 1. The first-order valence-electron chi connectivity index (χ1n) is 7.72. The molecule has 6 nitrogen and oxygen atoms in total. The first kappa shape index (κ1) is 19.0. The zero-order valence-corrected chi connectivity index (χ0v) is 15.0. The highest BCUT2D eigenvalue weighted by molar-refractivity contribution is 8.00. The van der Waals surface area contributed by atoms with Crippen LogP contribution >= 0.6 is 11.8 Å². The fourth-order valence-electron chi connectivity index (χ4n) is 2.34. The third-order valence-corrected chi connectivity index (χ3v) is 4.64. The Labute approximate surface area is 156 Å². The van der Waals surface area contributed by atoms with Gasteiger partial charge in [0.15, 0.2) is 10.9 Å². The Balaban J connectivity index is 2.11. The van der Waals surface area contributed by atoms with Gasteiger partial charge in [0.2, 0.25) is 5.82 Å². The third-order valence-electron chi connectivity index (χ3n) is 3.62. The van der Waals surface area contributed by atoms with Gasteiger partial charge < -0.3 is 9.15 Å². The monoisotopic (exact) mass is 397 g/mol. The van der Waals surface area contributed by atoms with Crippen molar-refractivity contribution in [1.82, 2.24) is 14.8 Å². The van der Waals surface area contributed by atoms with Crippen LogP contribution in [-0.4, -0.2) is 33.1 Å². The molecule has 0 N–H and O–H groups in total. The minimum Gasteiger partial charge on any atom is -0.468 e. The van der Waals surface area contributed by atoms with Crippen molar-refractivity contribution in [3.8, 4) is 17.3 Å². The highest BCUT2D eigenvalue weighted by Gasteiger charge is 2.31. The van der Waals surface area contributed by atoms with Crippen LogP contribution in [0.5, 0.6) is 0 Å². The van der Waals surface area contributed by atoms with Crippen molar-refractivity contribution in [3.05, 3.63) is 48.2 Å². The van der Waals surface area contributed by atoms with Crippen LogP contribution in [0.1, 0.15) is 12.5 Å². The van der Waals surface area contributed by atoms with E-state index in [9.17, 15) is 18.0 Å². The summed E-state index contributed by atoms with van der Waals surface area (Å²) in [5, 5.41) is 7.66. The van der Waals surface area contributed by atoms with Crippen LogP contribution in [0.3, 0.4) is 0 Å². The van der Waals surface area contributed by atoms with Crippen LogP contribution in [-0.2, 0) is 15.7 Å². The molecule has 27 heavy (non-hydrogen) atoms. The number of esters is 1. The van der Waals surface area contributed by atoms with Gasteiger partial charge in [0, 0.05) is 0 Å². The fourth-order valence-corrected chi connectivity index (χ4v) is 3.23. The van der Waals surface area contributed by atoms with Crippen molar-refractivity contribution in [2.75, 3.05) is 7.11 Å². The highest BCUT2D eigenvalue weighted by atomic mass is 32.2. The Kier molecular flexibility index (Phi) is 5.26. The molecule has 1 atom stereocenters. The van der Waals surface area contributed by atoms with E-state index in [0.717, 1.165) is 23.9 Å². The van der Waals surface area contributed by atoms with Crippen LogP contribution in [0.2, 0.25) is 0 Å². The van der Waals surface area contributed by atoms with Crippen molar-refractivity contribution in [1.29, 1.82) is 0 Å². The van der Waals surface area contributed by atoms with Crippen molar-refractivity contribution in [2.45, 2.75) is 23.5 Å². The molecule has 2 aromatic heterocycles. The van der Waals surface area contributed by atoms with E-state index in [1.54, 1.807) is 19.1 Å². The molecule has 3 aromatic rings. The number of thioether (sulfide) groups is 1. The number of nitrogens with zero attached hydrogens (tertiary/aromatic N) is 3. The zero-order valence-electron chi connectivity index (χ0n) is 14.2. The maximum atomic E-state index is 13.1. The number of rotatable bonds is 5. The lowest BCUT2D eigenvalue weighted by Gasteiger charge is -2.13. The van der Waals surface area contributed by atoms with E-state index in [2.05, 4.69) is 14.9 Å². The Morgan fingerprint density at radius 3 is 2.67 bits per heavy atom. The number of aromatic nitrogens is 3. The first-order chi connectivity index (χ1) is 12.8. The molecule has 0 fully saturated rings. The van der Waals surface area contributed by atoms with Crippen LogP contribution < -0.4 is 0 Å². The number of carbonyl (C=O) groups is 1.